The van der Waals surface area contributed by atoms with Crippen LogP contribution < -0.4 is 13.8 Å². The Balaban J connectivity index is 1.67. The number of sulfonamides is 1. The molecule has 0 spiro atoms. The molecule has 1 saturated carbocycles. The Morgan fingerprint density at radius 1 is 1.16 bits per heavy atom. The first-order chi connectivity index (χ1) is 15.0. The lowest BCUT2D eigenvalue weighted by Gasteiger charge is -2.32. The average molecular weight is 441 g/mol. The molecule has 2 aromatic carbocycles. The number of anilines is 1. The zero-order chi connectivity index (χ0) is 21.6. The van der Waals surface area contributed by atoms with Crippen LogP contribution in [0.5, 0.6) is 11.5 Å². The van der Waals surface area contributed by atoms with Crippen LogP contribution in [0.25, 0.3) is 5.57 Å². The summed E-state index contributed by atoms with van der Waals surface area (Å²) in [5.41, 5.74) is 4.92. The van der Waals surface area contributed by atoms with Crippen LogP contribution in [0, 0.1) is 5.92 Å². The second kappa shape index (κ2) is 7.79. The third kappa shape index (κ3) is 3.87. The van der Waals surface area contributed by atoms with Gasteiger partial charge in [-0.25, -0.2) is 8.42 Å². The molecule has 0 amide bonds. The van der Waals surface area contributed by atoms with Crippen molar-refractivity contribution in [3.05, 3.63) is 59.3 Å². The molecule has 3 aliphatic rings. The molecule has 2 aromatic rings. The fourth-order valence-corrected chi connectivity index (χ4v) is 5.33. The maximum Gasteiger partial charge on any atom is 0.235 e. The van der Waals surface area contributed by atoms with E-state index in [1.165, 1.54) is 22.7 Å². The lowest BCUT2D eigenvalue weighted by molar-refractivity contribution is 0.289. The SMILES string of the molecule is CCS(=O)(=O)N1CCOc2cc(OCC3CC3)c(C3=CN(C)Cc4ccccc43)cc21. The molecule has 1 aliphatic carbocycles. The average Bonchev–Trinajstić information content (AvgIpc) is 3.60. The normalized spacial score (nSPS) is 18.1. The van der Waals surface area contributed by atoms with Gasteiger partial charge in [0.25, 0.3) is 0 Å². The summed E-state index contributed by atoms with van der Waals surface area (Å²) in [5.74, 6) is 1.97. The van der Waals surface area contributed by atoms with E-state index in [1.807, 2.05) is 18.2 Å². The van der Waals surface area contributed by atoms with E-state index in [0.29, 0.717) is 37.1 Å². The maximum atomic E-state index is 12.8. The first-order valence-corrected chi connectivity index (χ1v) is 12.5. The van der Waals surface area contributed by atoms with Crippen LogP contribution in [0.4, 0.5) is 5.69 Å². The highest BCUT2D eigenvalue weighted by atomic mass is 32.2. The van der Waals surface area contributed by atoms with Crippen LogP contribution in [0.2, 0.25) is 0 Å². The largest absolute Gasteiger partial charge is 0.493 e. The molecule has 0 atom stereocenters. The van der Waals surface area contributed by atoms with E-state index in [9.17, 15) is 8.42 Å². The van der Waals surface area contributed by atoms with Crippen LogP contribution >= 0.6 is 0 Å². The second-order valence-electron chi connectivity index (χ2n) is 8.51. The van der Waals surface area contributed by atoms with Gasteiger partial charge in [-0.1, -0.05) is 24.3 Å². The van der Waals surface area contributed by atoms with E-state index in [0.717, 1.165) is 29.0 Å². The van der Waals surface area contributed by atoms with Gasteiger partial charge in [0.2, 0.25) is 10.0 Å². The molecule has 6 nitrogen and oxygen atoms in total. The van der Waals surface area contributed by atoms with Gasteiger partial charge in [-0.2, -0.15) is 0 Å². The Kier molecular flexibility index (Phi) is 5.08. The molecule has 31 heavy (non-hydrogen) atoms. The highest BCUT2D eigenvalue weighted by molar-refractivity contribution is 7.92. The number of ether oxygens (including phenoxy) is 2. The molecule has 0 unspecified atom stereocenters. The van der Waals surface area contributed by atoms with Crippen LogP contribution in [-0.4, -0.2) is 45.9 Å². The molecule has 7 heteroatoms. The molecular weight excluding hydrogens is 412 g/mol. The number of fused-ring (bicyclic) bond motifs is 2. The summed E-state index contributed by atoms with van der Waals surface area (Å²) in [7, 11) is -1.35. The van der Waals surface area contributed by atoms with Crippen molar-refractivity contribution in [2.45, 2.75) is 26.3 Å². The summed E-state index contributed by atoms with van der Waals surface area (Å²) in [6.45, 7) is 3.84. The van der Waals surface area contributed by atoms with Gasteiger partial charge in [0.15, 0.2) is 0 Å². The van der Waals surface area contributed by atoms with Crippen molar-refractivity contribution in [2.75, 3.05) is 36.9 Å². The van der Waals surface area contributed by atoms with Gasteiger partial charge in [0, 0.05) is 37.0 Å². The summed E-state index contributed by atoms with van der Waals surface area (Å²) in [6.07, 6.45) is 4.53. The predicted octanol–water partition coefficient (Wildman–Crippen LogP) is 3.86. The minimum absolute atomic E-state index is 0.0516. The standard InChI is InChI=1S/C24H28N2O4S/c1-3-31(27,28)26-10-11-29-24-13-23(30-16-17-8-9-17)20(12-22(24)26)21-15-25(2)14-18-6-4-5-7-19(18)21/h4-7,12-13,15,17H,3,8-11,14,16H2,1-2H3. The van der Waals surface area contributed by atoms with Crippen molar-refractivity contribution in [3.63, 3.8) is 0 Å². The molecule has 1 fully saturated rings. The minimum atomic E-state index is -3.40. The first kappa shape index (κ1) is 20.2. The summed E-state index contributed by atoms with van der Waals surface area (Å²) < 4.78 is 39.2. The summed E-state index contributed by atoms with van der Waals surface area (Å²) in [5, 5.41) is 0. The fourth-order valence-electron chi connectivity index (χ4n) is 4.23. The number of hydrogen-bond donors (Lipinski definition) is 0. The molecule has 5 rings (SSSR count). The molecular formula is C24H28N2O4S. The van der Waals surface area contributed by atoms with Crippen molar-refractivity contribution in [2.24, 2.45) is 5.92 Å². The molecule has 0 aromatic heterocycles. The van der Waals surface area contributed by atoms with Crippen LogP contribution in [0.1, 0.15) is 36.5 Å². The van der Waals surface area contributed by atoms with Gasteiger partial charge in [-0.05, 0) is 42.9 Å². The third-order valence-electron chi connectivity index (χ3n) is 6.12. The lowest BCUT2D eigenvalue weighted by atomic mass is 9.91. The highest BCUT2D eigenvalue weighted by Gasteiger charge is 2.31. The smallest absolute Gasteiger partial charge is 0.235 e. The summed E-state index contributed by atoms with van der Waals surface area (Å²) >= 11 is 0. The topological polar surface area (TPSA) is 59.1 Å². The quantitative estimate of drug-likeness (QED) is 0.683. The highest BCUT2D eigenvalue weighted by Crippen LogP contribution is 2.45. The van der Waals surface area contributed by atoms with E-state index in [1.54, 1.807) is 6.92 Å². The Labute approximate surface area is 184 Å². The first-order valence-electron chi connectivity index (χ1n) is 10.9. The Bertz CT molecular complexity index is 1140. The Morgan fingerprint density at radius 2 is 1.97 bits per heavy atom. The Morgan fingerprint density at radius 3 is 2.74 bits per heavy atom. The van der Waals surface area contributed by atoms with Gasteiger partial charge in [0.1, 0.15) is 18.1 Å². The number of benzene rings is 2. The van der Waals surface area contributed by atoms with E-state index in [-0.39, 0.29) is 5.75 Å². The van der Waals surface area contributed by atoms with Crippen molar-refractivity contribution in [1.82, 2.24) is 4.90 Å². The fraction of sp³-hybridized carbons (Fsp3) is 0.417. The van der Waals surface area contributed by atoms with E-state index in [4.69, 9.17) is 9.47 Å². The second-order valence-corrected chi connectivity index (χ2v) is 10.7. The van der Waals surface area contributed by atoms with Crippen molar-refractivity contribution in [3.8, 4) is 11.5 Å². The molecule has 0 radical (unpaired) electrons. The summed E-state index contributed by atoms with van der Waals surface area (Å²) in [6, 6.07) is 12.2. The van der Waals surface area contributed by atoms with Gasteiger partial charge in [0.05, 0.1) is 24.6 Å². The maximum absolute atomic E-state index is 12.8. The molecule has 2 heterocycles. The molecule has 2 aliphatic heterocycles. The van der Waals surface area contributed by atoms with Crippen molar-refractivity contribution in [1.29, 1.82) is 0 Å². The molecule has 0 N–H and O–H groups in total. The van der Waals surface area contributed by atoms with E-state index >= 15 is 0 Å². The monoisotopic (exact) mass is 440 g/mol. The van der Waals surface area contributed by atoms with Crippen molar-refractivity contribution < 1.29 is 17.9 Å². The van der Waals surface area contributed by atoms with Crippen LogP contribution in [0.3, 0.4) is 0 Å². The van der Waals surface area contributed by atoms with Crippen molar-refractivity contribution >= 4 is 21.3 Å². The number of nitrogens with zero attached hydrogens (tertiary/aromatic N) is 2. The van der Waals surface area contributed by atoms with Gasteiger partial charge in [-0.3, -0.25) is 4.31 Å². The molecule has 0 saturated heterocycles. The minimum Gasteiger partial charge on any atom is -0.493 e. The van der Waals surface area contributed by atoms with Gasteiger partial charge >= 0.3 is 0 Å². The van der Waals surface area contributed by atoms with Crippen LogP contribution in [-0.2, 0) is 16.6 Å². The molecule has 0 bridgehead atoms. The predicted molar refractivity (Wildman–Crippen MR) is 122 cm³/mol. The number of rotatable bonds is 6. The van der Waals surface area contributed by atoms with Crippen LogP contribution in [0.15, 0.2) is 42.6 Å². The third-order valence-corrected chi connectivity index (χ3v) is 7.90. The van der Waals surface area contributed by atoms with E-state index < -0.39 is 10.0 Å². The zero-order valence-corrected chi connectivity index (χ0v) is 18.8. The Hall–Kier alpha value is -2.67. The van der Waals surface area contributed by atoms with E-state index in [2.05, 4.69) is 36.3 Å². The number of hydrogen-bond acceptors (Lipinski definition) is 5. The van der Waals surface area contributed by atoms with Gasteiger partial charge < -0.3 is 14.4 Å². The lowest BCUT2D eigenvalue weighted by Crippen LogP contribution is -2.39. The molecule has 164 valence electrons. The zero-order valence-electron chi connectivity index (χ0n) is 18.0. The van der Waals surface area contributed by atoms with Gasteiger partial charge in [-0.15, -0.1) is 0 Å². The summed E-state index contributed by atoms with van der Waals surface area (Å²) in [4.78, 5) is 2.15.